The van der Waals surface area contributed by atoms with Crippen LogP contribution in [0.5, 0.6) is 0 Å². The van der Waals surface area contributed by atoms with E-state index in [4.69, 9.17) is 4.74 Å². The second-order valence-corrected chi connectivity index (χ2v) is 9.78. The first-order chi connectivity index (χ1) is 15.4. The molecule has 7 heteroatoms. The van der Waals surface area contributed by atoms with Gasteiger partial charge in [-0.25, -0.2) is 4.98 Å². The summed E-state index contributed by atoms with van der Waals surface area (Å²) in [5.41, 5.74) is 1.82. The Balaban J connectivity index is 1.48. The van der Waals surface area contributed by atoms with Crippen LogP contribution < -0.4 is 5.32 Å². The third-order valence-corrected chi connectivity index (χ3v) is 7.23. The first kappa shape index (κ1) is 24.4. The van der Waals surface area contributed by atoms with E-state index in [9.17, 15) is 9.59 Å². The quantitative estimate of drug-likeness (QED) is 0.561. The molecule has 0 radical (unpaired) electrons. The Kier molecular flexibility index (Phi) is 8.82. The molecule has 2 amide bonds. The molecular formula is C25H35N3O3S. The second-order valence-electron chi connectivity index (χ2n) is 8.78. The lowest BCUT2D eigenvalue weighted by atomic mass is 9.84. The van der Waals surface area contributed by atoms with Crippen LogP contribution >= 0.6 is 11.3 Å². The van der Waals surface area contributed by atoms with Crippen LogP contribution in [0.15, 0.2) is 30.3 Å². The number of rotatable bonds is 9. The molecule has 2 aromatic rings. The second kappa shape index (κ2) is 11.6. The van der Waals surface area contributed by atoms with Gasteiger partial charge in [-0.15, -0.1) is 11.3 Å². The van der Waals surface area contributed by atoms with Gasteiger partial charge < -0.3 is 15.0 Å². The predicted molar refractivity (Wildman–Crippen MR) is 129 cm³/mol. The van der Waals surface area contributed by atoms with E-state index in [0.29, 0.717) is 32.2 Å². The number of likely N-dealkylation sites (tertiary alicyclic amines) is 1. The third-order valence-electron chi connectivity index (χ3n) is 6.03. The van der Waals surface area contributed by atoms with Crippen LogP contribution in [0.1, 0.15) is 55.4 Å². The largest absolute Gasteiger partial charge is 0.379 e. The SMILES string of the molecule is Cc1nc(-c2ccccc2)sc1C(=O)N1CCC([C@H](C)C(=O)NCCCOC(C)C)CC1. The van der Waals surface area contributed by atoms with Crippen LogP contribution in [0.3, 0.4) is 0 Å². The zero-order valence-corrected chi connectivity index (χ0v) is 20.4. The summed E-state index contributed by atoms with van der Waals surface area (Å²) < 4.78 is 5.51. The Bertz CT molecular complexity index is 889. The zero-order chi connectivity index (χ0) is 23.1. The summed E-state index contributed by atoms with van der Waals surface area (Å²) in [5, 5.41) is 3.91. The highest BCUT2D eigenvalue weighted by molar-refractivity contribution is 7.17. The number of nitrogens with one attached hydrogen (secondary N) is 1. The monoisotopic (exact) mass is 457 g/mol. The molecule has 1 saturated heterocycles. The Hall–Kier alpha value is -2.25. The molecule has 0 saturated carbocycles. The van der Waals surface area contributed by atoms with Crippen molar-refractivity contribution >= 4 is 23.2 Å². The van der Waals surface area contributed by atoms with E-state index >= 15 is 0 Å². The van der Waals surface area contributed by atoms with Gasteiger partial charge in [0.25, 0.3) is 5.91 Å². The molecule has 3 rings (SSSR count). The van der Waals surface area contributed by atoms with E-state index in [2.05, 4.69) is 10.3 Å². The van der Waals surface area contributed by atoms with Gasteiger partial charge in [-0.2, -0.15) is 0 Å². The minimum atomic E-state index is -0.0481. The number of carbonyl (C=O) groups excluding carboxylic acids is 2. The maximum absolute atomic E-state index is 13.1. The number of carbonyl (C=O) groups is 2. The van der Waals surface area contributed by atoms with Crippen LogP contribution in [0.2, 0.25) is 0 Å². The number of nitrogens with zero attached hydrogens (tertiary/aromatic N) is 2. The van der Waals surface area contributed by atoms with E-state index in [0.717, 1.165) is 40.4 Å². The van der Waals surface area contributed by atoms with Crippen LogP contribution in [-0.4, -0.2) is 54.0 Å². The lowest BCUT2D eigenvalue weighted by Gasteiger charge is -2.34. The fourth-order valence-electron chi connectivity index (χ4n) is 4.02. The van der Waals surface area contributed by atoms with Crippen molar-refractivity contribution in [3.8, 4) is 10.6 Å². The molecule has 0 aliphatic carbocycles. The van der Waals surface area contributed by atoms with Gasteiger partial charge in [0, 0.05) is 37.7 Å². The number of hydrogen-bond donors (Lipinski definition) is 1. The molecule has 174 valence electrons. The lowest BCUT2D eigenvalue weighted by Crippen LogP contribution is -2.42. The van der Waals surface area contributed by atoms with Crippen molar-refractivity contribution in [1.29, 1.82) is 0 Å². The summed E-state index contributed by atoms with van der Waals surface area (Å²) in [6, 6.07) is 9.97. The Labute approximate surface area is 195 Å². The molecule has 0 bridgehead atoms. The fraction of sp³-hybridized carbons (Fsp3) is 0.560. The number of aromatic nitrogens is 1. The predicted octanol–water partition coefficient (Wildman–Crippen LogP) is 4.54. The Morgan fingerprint density at radius 2 is 1.88 bits per heavy atom. The number of benzene rings is 1. The number of hydrogen-bond acceptors (Lipinski definition) is 5. The van der Waals surface area contributed by atoms with Gasteiger partial charge in [0.2, 0.25) is 5.91 Å². The Morgan fingerprint density at radius 1 is 1.19 bits per heavy atom. The third kappa shape index (κ3) is 6.39. The molecule has 1 N–H and O–H groups in total. The lowest BCUT2D eigenvalue weighted by molar-refractivity contribution is -0.126. The van der Waals surface area contributed by atoms with E-state index in [-0.39, 0.29) is 23.8 Å². The molecule has 1 aliphatic heterocycles. The van der Waals surface area contributed by atoms with E-state index in [1.807, 2.05) is 62.9 Å². The van der Waals surface area contributed by atoms with Crippen molar-refractivity contribution in [2.45, 2.75) is 53.1 Å². The maximum Gasteiger partial charge on any atom is 0.265 e. The highest BCUT2D eigenvalue weighted by Gasteiger charge is 2.31. The first-order valence-electron chi connectivity index (χ1n) is 11.6. The summed E-state index contributed by atoms with van der Waals surface area (Å²) in [6.07, 6.45) is 2.74. The van der Waals surface area contributed by atoms with Gasteiger partial charge in [-0.1, -0.05) is 37.3 Å². The summed E-state index contributed by atoms with van der Waals surface area (Å²) in [7, 11) is 0. The number of piperidine rings is 1. The number of ether oxygens (including phenoxy) is 1. The highest BCUT2D eigenvalue weighted by Crippen LogP contribution is 2.31. The molecule has 1 atom stereocenters. The standard InChI is InChI=1S/C25H35N3O3S/c1-17(2)31-16-8-13-26-23(29)18(3)20-11-14-28(15-12-20)25(30)22-19(4)27-24(32-22)21-9-6-5-7-10-21/h5-7,9-10,17-18,20H,8,11-16H2,1-4H3,(H,26,29)/t18-/m0/s1. The van der Waals surface area contributed by atoms with Crippen LogP contribution in [0.4, 0.5) is 0 Å². The molecule has 6 nitrogen and oxygen atoms in total. The van der Waals surface area contributed by atoms with Gasteiger partial charge in [0.05, 0.1) is 11.8 Å². The maximum atomic E-state index is 13.1. The smallest absolute Gasteiger partial charge is 0.265 e. The van der Waals surface area contributed by atoms with Crippen molar-refractivity contribution in [2.24, 2.45) is 11.8 Å². The molecule has 1 aromatic carbocycles. The molecular weight excluding hydrogens is 422 g/mol. The van der Waals surface area contributed by atoms with Crippen molar-refractivity contribution < 1.29 is 14.3 Å². The minimum absolute atomic E-state index is 0.0481. The summed E-state index contributed by atoms with van der Waals surface area (Å²) in [5.74, 6) is 0.412. The molecule has 2 heterocycles. The molecule has 1 aromatic heterocycles. The van der Waals surface area contributed by atoms with Crippen molar-refractivity contribution in [3.63, 3.8) is 0 Å². The summed E-state index contributed by atoms with van der Waals surface area (Å²) in [6.45, 7) is 10.6. The van der Waals surface area contributed by atoms with Crippen molar-refractivity contribution in [2.75, 3.05) is 26.2 Å². The van der Waals surface area contributed by atoms with Crippen molar-refractivity contribution in [1.82, 2.24) is 15.2 Å². The van der Waals surface area contributed by atoms with Gasteiger partial charge >= 0.3 is 0 Å². The van der Waals surface area contributed by atoms with Gasteiger partial charge in [0.15, 0.2) is 0 Å². The van der Waals surface area contributed by atoms with E-state index < -0.39 is 0 Å². The molecule has 32 heavy (non-hydrogen) atoms. The van der Waals surface area contributed by atoms with Crippen LogP contribution in [0.25, 0.3) is 10.6 Å². The molecule has 0 spiro atoms. The van der Waals surface area contributed by atoms with E-state index in [1.54, 1.807) is 0 Å². The average molecular weight is 458 g/mol. The zero-order valence-electron chi connectivity index (χ0n) is 19.6. The van der Waals surface area contributed by atoms with Gasteiger partial charge in [0.1, 0.15) is 9.88 Å². The van der Waals surface area contributed by atoms with E-state index in [1.165, 1.54) is 11.3 Å². The first-order valence-corrected chi connectivity index (χ1v) is 12.4. The molecule has 1 fully saturated rings. The van der Waals surface area contributed by atoms with Crippen molar-refractivity contribution in [3.05, 3.63) is 40.9 Å². The summed E-state index contributed by atoms with van der Waals surface area (Å²) >= 11 is 1.46. The average Bonchev–Trinajstić information content (AvgIpc) is 3.19. The topological polar surface area (TPSA) is 71.5 Å². The fourth-order valence-corrected chi connectivity index (χ4v) is 5.06. The summed E-state index contributed by atoms with van der Waals surface area (Å²) in [4.78, 5) is 32.9. The van der Waals surface area contributed by atoms with Gasteiger partial charge in [-0.3, -0.25) is 9.59 Å². The normalized spacial score (nSPS) is 15.7. The number of aryl methyl sites for hydroxylation is 1. The number of thiazole rings is 1. The van der Waals surface area contributed by atoms with Crippen LogP contribution in [-0.2, 0) is 9.53 Å². The number of amides is 2. The minimum Gasteiger partial charge on any atom is -0.379 e. The van der Waals surface area contributed by atoms with Crippen LogP contribution in [0, 0.1) is 18.8 Å². The Morgan fingerprint density at radius 3 is 2.53 bits per heavy atom. The molecule has 1 aliphatic rings. The van der Waals surface area contributed by atoms with Gasteiger partial charge in [-0.05, 0) is 46.0 Å². The highest BCUT2D eigenvalue weighted by atomic mass is 32.1. The molecule has 0 unspecified atom stereocenters.